The van der Waals surface area contributed by atoms with Crippen molar-refractivity contribution in [1.82, 2.24) is 0 Å². The van der Waals surface area contributed by atoms with Crippen LogP contribution >= 0.6 is 0 Å². The van der Waals surface area contributed by atoms with Crippen LogP contribution < -0.4 is 11.5 Å². The molecule has 0 spiro atoms. The molecule has 0 aliphatic carbocycles. The Labute approximate surface area is 64.0 Å². The number of carbonyl (C=O) groups is 2. The fraction of sp³-hybridized carbons (Fsp3) is 0. The van der Waals surface area contributed by atoms with Crippen LogP contribution in [0.3, 0.4) is 0 Å². The minimum atomic E-state index is -0.981. The van der Waals surface area contributed by atoms with Crippen LogP contribution in [0.15, 0.2) is 24.9 Å². The maximum absolute atomic E-state index is 9.70. The van der Waals surface area contributed by atoms with Crippen LogP contribution in [0.25, 0.3) is 0 Å². The molecule has 0 bridgehead atoms. The predicted octanol–water partition coefficient (Wildman–Crippen LogP) is -0.799. The van der Waals surface area contributed by atoms with E-state index in [0.29, 0.717) is 0 Å². The van der Waals surface area contributed by atoms with Crippen LogP contribution in [0.5, 0.6) is 0 Å². The highest BCUT2D eigenvalue weighted by Gasteiger charge is 1.87. The fourth-order valence-corrected chi connectivity index (χ4v) is 0. The molecule has 0 saturated carbocycles. The smallest absolute Gasteiger partial charge is 0.327 e. The third-order valence-electron chi connectivity index (χ3n) is 0.491. The lowest BCUT2D eigenvalue weighted by molar-refractivity contribution is -0.131. The number of rotatable bonds is 2. The van der Waals surface area contributed by atoms with E-state index in [9.17, 15) is 9.59 Å². The standard InChI is InChI=1S/C3H6N2O.C3H4O2/c1-2(4)3(5)6;1-2-3(4)5/h1,4H2,(H2,5,6);2H,1H2,(H,4,5). The summed E-state index contributed by atoms with van der Waals surface area (Å²) in [7, 11) is 0. The molecule has 0 heterocycles. The second-order valence-corrected chi connectivity index (χ2v) is 1.43. The van der Waals surface area contributed by atoms with Gasteiger partial charge in [-0.1, -0.05) is 13.2 Å². The predicted molar refractivity (Wildman–Crippen MR) is 40.4 cm³/mol. The first-order chi connectivity index (χ1) is 4.91. The van der Waals surface area contributed by atoms with Gasteiger partial charge in [0.15, 0.2) is 0 Å². The third kappa shape index (κ3) is 17.9. The number of hydrogen-bond acceptors (Lipinski definition) is 3. The SMILES string of the molecule is C=C(N)C(N)=O.C=CC(=O)O. The Morgan fingerprint density at radius 2 is 1.55 bits per heavy atom. The van der Waals surface area contributed by atoms with Gasteiger partial charge in [-0.15, -0.1) is 0 Å². The van der Waals surface area contributed by atoms with Crippen molar-refractivity contribution in [1.29, 1.82) is 0 Å². The first-order valence-corrected chi connectivity index (χ1v) is 2.51. The summed E-state index contributed by atoms with van der Waals surface area (Å²) in [5.41, 5.74) is 9.24. The third-order valence-corrected chi connectivity index (χ3v) is 0.491. The molecular formula is C6H10N2O3. The zero-order chi connectivity index (χ0) is 9.44. The normalized spacial score (nSPS) is 6.91. The molecular weight excluding hydrogens is 148 g/mol. The van der Waals surface area contributed by atoms with E-state index in [2.05, 4.69) is 18.9 Å². The first-order valence-electron chi connectivity index (χ1n) is 2.51. The van der Waals surface area contributed by atoms with E-state index in [1.165, 1.54) is 0 Å². The molecule has 0 saturated heterocycles. The van der Waals surface area contributed by atoms with Gasteiger partial charge in [-0.05, 0) is 0 Å². The summed E-state index contributed by atoms with van der Waals surface area (Å²) in [6, 6.07) is 0. The number of amides is 1. The molecule has 0 atom stereocenters. The van der Waals surface area contributed by atoms with E-state index in [-0.39, 0.29) is 5.70 Å². The zero-order valence-corrected chi connectivity index (χ0v) is 5.91. The number of aliphatic carboxylic acids is 1. The highest BCUT2D eigenvalue weighted by atomic mass is 16.4. The lowest BCUT2D eigenvalue weighted by Crippen LogP contribution is -2.18. The van der Waals surface area contributed by atoms with Gasteiger partial charge in [0.2, 0.25) is 0 Å². The Morgan fingerprint density at radius 3 is 1.55 bits per heavy atom. The largest absolute Gasteiger partial charge is 0.478 e. The Kier molecular flexibility index (Phi) is 6.89. The molecule has 0 aromatic carbocycles. The van der Waals surface area contributed by atoms with Crippen molar-refractivity contribution in [2.75, 3.05) is 0 Å². The van der Waals surface area contributed by atoms with E-state index in [0.717, 1.165) is 6.08 Å². The molecule has 0 fully saturated rings. The summed E-state index contributed by atoms with van der Waals surface area (Å²) in [6.07, 6.45) is 0.833. The van der Waals surface area contributed by atoms with Gasteiger partial charge >= 0.3 is 5.97 Å². The van der Waals surface area contributed by atoms with E-state index in [1.54, 1.807) is 0 Å². The quantitative estimate of drug-likeness (QED) is 0.457. The monoisotopic (exact) mass is 158 g/mol. The molecule has 0 rings (SSSR count). The van der Waals surface area contributed by atoms with Crippen LogP contribution in [0.2, 0.25) is 0 Å². The van der Waals surface area contributed by atoms with Crippen molar-refractivity contribution in [3.63, 3.8) is 0 Å². The van der Waals surface area contributed by atoms with Crippen LogP contribution in [-0.4, -0.2) is 17.0 Å². The van der Waals surface area contributed by atoms with E-state index < -0.39 is 11.9 Å². The number of hydrogen-bond donors (Lipinski definition) is 3. The van der Waals surface area contributed by atoms with Gasteiger partial charge in [0.25, 0.3) is 5.91 Å². The second-order valence-electron chi connectivity index (χ2n) is 1.43. The highest BCUT2D eigenvalue weighted by Crippen LogP contribution is 1.65. The Morgan fingerprint density at radius 1 is 1.36 bits per heavy atom. The van der Waals surface area contributed by atoms with Gasteiger partial charge in [-0.25, -0.2) is 4.79 Å². The molecule has 1 amide bonds. The highest BCUT2D eigenvalue weighted by molar-refractivity contribution is 5.90. The van der Waals surface area contributed by atoms with Crippen molar-refractivity contribution < 1.29 is 14.7 Å². The summed E-state index contributed by atoms with van der Waals surface area (Å²) >= 11 is 0. The number of primary amides is 1. The van der Waals surface area contributed by atoms with Crippen LogP contribution in [0, 0.1) is 0 Å². The Bertz CT molecular complexity index is 174. The van der Waals surface area contributed by atoms with Gasteiger partial charge in [0.1, 0.15) is 0 Å². The maximum Gasteiger partial charge on any atom is 0.327 e. The average Bonchev–Trinajstić information content (AvgIpc) is 1.89. The molecule has 0 radical (unpaired) electrons. The molecule has 5 nitrogen and oxygen atoms in total. The van der Waals surface area contributed by atoms with Crippen LogP contribution in [-0.2, 0) is 9.59 Å². The molecule has 0 aromatic rings. The van der Waals surface area contributed by atoms with E-state index in [1.807, 2.05) is 0 Å². The average molecular weight is 158 g/mol. The summed E-state index contributed by atoms with van der Waals surface area (Å²) < 4.78 is 0. The molecule has 11 heavy (non-hydrogen) atoms. The van der Waals surface area contributed by atoms with E-state index >= 15 is 0 Å². The Balaban J connectivity index is 0. The van der Waals surface area contributed by atoms with Crippen LogP contribution in [0.1, 0.15) is 0 Å². The van der Waals surface area contributed by atoms with Crippen LogP contribution in [0.4, 0.5) is 0 Å². The first kappa shape index (κ1) is 12.0. The molecule has 62 valence electrons. The second kappa shape index (κ2) is 6.34. The molecule has 0 aliphatic heterocycles. The van der Waals surface area contributed by atoms with Gasteiger partial charge in [0.05, 0.1) is 5.70 Å². The summed E-state index contributed by atoms with van der Waals surface area (Å²) in [4.78, 5) is 18.9. The minimum Gasteiger partial charge on any atom is -0.478 e. The topological polar surface area (TPSA) is 106 Å². The van der Waals surface area contributed by atoms with Gasteiger partial charge in [-0.3, -0.25) is 4.79 Å². The van der Waals surface area contributed by atoms with Crippen molar-refractivity contribution in [2.45, 2.75) is 0 Å². The number of nitrogens with two attached hydrogens (primary N) is 2. The number of carboxylic acid groups (broad SMARTS) is 1. The molecule has 0 aliphatic rings. The van der Waals surface area contributed by atoms with Crippen molar-refractivity contribution in [3.8, 4) is 0 Å². The number of carboxylic acids is 1. The minimum absolute atomic E-state index is 0.102. The summed E-state index contributed by atoms with van der Waals surface area (Å²) in [6.45, 7) is 6.02. The molecule has 5 N–H and O–H groups in total. The maximum atomic E-state index is 9.70. The van der Waals surface area contributed by atoms with Gasteiger partial charge < -0.3 is 16.6 Å². The molecule has 0 unspecified atom stereocenters. The lowest BCUT2D eigenvalue weighted by atomic mass is 10.5. The summed E-state index contributed by atoms with van der Waals surface area (Å²) in [5.74, 6) is -1.64. The van der Waals surface area contributed by atoms with Crippen molar-refractivity contribution >= 4 is 11.9 Å². The van der Waals surface area contributed by atoms with Gasteiger partial charge in [0, 0.05) is 6.08 Å². The number of carbonyl (C=O) groups excluding carboxylic acids is 1. The lowest BCUT2D eigenvalue weighted by Gasteiger charge is -1.82. The fourth-order valence-electron chi connectivity index (χ4n) is 0. The summed E-state index contributed by atoms with van der Waals surface area (Å²) in [5, 5.41) is 7.60. The molecule has 5 heteroatoms. The van der Waals surface area contributed by atoms with E-state index in [4.69, 9.17) is 10.8 Å². The van der Waals surface area contributed by atoms with Crippen molar-refractivity contribution in [3.05, 3.63) is 24.9 Å². The Hall–Kier alpha value is -1.78. The van der Waals surface area contributed by atoms with Gasteiger partial charge in [-0.2, -0.15) is 0 Å². The zero-order valence-electron chi connectivity index (χ0n) is 5.91. The van der Waals surface area contributed by atoms with Crippen molar-refractivity contribution in [2.24, 2.45) is 11.5 Å². The molecule has 0 aromatic heterocycles.